The van der Waals surface area contributed by atoms with E-state index in [-0.39, 0.29) is 5.88 Å². The third-order valence-electron chi connectivity index (χ3n) is 3.08. The Kier molecular flexibility index (Phi) is 5.08. The minimum atomic E-state index is -4.37. The van der Waals surface area contributed by atoms with Gasteiger partial charge in [-0.2, -0.15) is 13.2 Å². The van der Waals surface area contributed by atoms with Crippen molar-refractivity contribution in [2.45, 2.75) is 12.1 Å². The summed E-state index contributed by atoms with van der Waals surface area (Å²) in [6.45, 7) is 0. The molecule has 0 aliphatic rings. The van der Waals surface area contributed by atoms with Gasteiger partial charge in [-0.05, 0) is 17.7 Å². The third-order valence-corrected chi connectivity index (χ3v) is 3.37. The van der Waals surface area contributed by atoms with Crippen LogP contribution in [0.1, 0.15) is 22.3 Å². The Hall–Kier alpha value is -2.01. The topological polar surface area (TPSA) is 21.6 Å². The molecule has 2 nitrogen and oxygen atoms in total. The Morgan fingerprint density at radius 1 is 1.09 bits per heavy atom. The maximum absolute atomic E-state index is 12.6. The predicted molar refractivity (Wildman–Crippen MR) is 80.1 cm³/mol. The van der Waals surface area contributed by atoms with E-state index in [4.69, 9.17) is 16.4 Å². The smallest absolute Gasteiger partial charge is 0.399 e. The van der Waals surface area contributed by atoms with Crippen LogP contribution < -0.4 is 0 Å². The van der Waals surface area contributed by atoms with E-state index in [2.05, 4.69) is 5.16 Å². The van der Waals surface area contributed by atoms with Crippen molar-refractivity contribution in [1.29, 1.82) is 0 Å². The second kappa shape index (κ2) is 6.83. The Balaban J connectivity index is 2.47. The summed E-state index contributed by atoms with van der Waals surface area (Å²) in [6, 6.07) is 12.0. The molecule has 0 fully saturated rings. The van der Waals surface area contributed by atoms with Gasteiger partial charge in [-0.25, -0.2) is 0 Å². The molecular weight excluding hydrogens is 315 g/mol. The highest BCUT2D eigenvalue weighted by Gasteiger charge is 2.30. The third kappa shape index (κ3) is 3.60. The monoisotopic (exact) mass is 327 g/mol. The molecule has 0 aliphatic carbocycles. The van der Waals surface area contributed by atoms with Crippen LogP contribution in [0.2, 0.25) is 0 Å². The van der Waals surface area contributed by atoms with Gasteiger partial charge < -0.3 is 4.84 Å². The summed E-state index contributed by atoms with van der Waals surface area (Å²) >= 11 is 5.90. The van der Waals surface area contributed by atoms with E-state index in [1.54, 1.807) is 12.1 Å². The summed E-state index contributed by atoms with van der Waals surface area (Å²) in [5.41, 5.74) is 1.79. The first kappa shape index (κ1) is 16.4. The molecular formula is C16H13ClF3NO. The van der Waals surface area contributed by atoms with Crippen molar-refractivity contribution >= 4 is 17.3 Å². The summed E-state index contributed by atoms with van der Waals surface area (Å²) in [6.07, 6.45) is -4.37. The molecule has 0 spiro atoms. The van der Waals surface area contributed by atoms with Crippen molar-refractivity contribution in [2.24, 2.45) is 5.16 Å². The van der Waals surface area contributed by atoms with Gasteiger partial charge in [-0.15, -0.1) is 11.6 Å². The zero-order chi connectivity index (χ0) is 16.2. The molecule has 0 saturated heterocycles. The van der Waals surface area contributed by atoms with E-state index >= 15 is 0 Å². The first-order valence-electron chi connectivity index (χ1n) is 6.40. The first-order chi connectivity index (χ1) is 10.5. The minimum Gasteiger partial charge on any atom is -0.399 e. The largest absolute Gasteiger partial charge is 0.416 e. The van der Waals surface area contributed by atoms with Gasteiger partial charge in [-0.3, -0.25) is 0 Å². The molecule has 0 unspecified atom stereocenters. The van der Waals surface area contributed by atoms with Crippen LogP contribution in [0.5, 0.6) is 0 Å². The Morgan fingerprint density at radius 3 is 2.27 bits per heavy atom. The number of alkyl halides is 4. The van der Waals surface area contributed by atoms with Crippen molar-refractivity contribution in [3.63, 3.8) is 0 Å². The van der Waals surface area contributed by atoms with Gasteiger partial charge in [0, 0.05) is 17.0 Å². The molecule has 0 aliphatic heterocycles. The Morgan fingerprint density at radius 2 is 1.73 bits per heavy atom. The van der Waals surface area contributed by atoms with Crippen LogP contribution in [0.15, 0.2) is 53.7 Å². The van der Waals surface area contributed by atoms with E-state index in [9.17, 15) is 13.2 Å². The van der Waals surface area contributed by atoms with E-state index in [0.29, 0.717) is 11.3 Å². The molecule has 0 atom stereocenters. The predicted octanol–water partition coefficient (Wildman–Crippen LogP) is 4.84. The molecule has 0 amide bonds. The van der Waals surface area contributed by atoms with Crippen molar-refractivity contribution in [3.8, 4) is 0 Å². The normalized spacial score (nSPS) is 12.3. The minimum absolute atomic E-state index is 0.263. The number of rotatable bonds is 4. The molecule has 116 valence electrons. The number of hydrogen-bond acceptors (Lipinski definition) is 2. The fourth-order valence-corrected chi connectivity index (χ4v) is 2.27. The molecule has 0 bridgehead atoms. The summed E-state index contributed by atoms with van der Waals surface area (Å²) in [5, 5.41) is 3.94. The maximum Gasteiger partial charge on any atom is 0.416 e. The Labute approximate surface area is 131 Å². The van der Waals surface area contributed by atoms with E-state index in [1.165, 1.54) is 19.2 Å². The lowest BCUT2D eigenvalue weighted by Gasteiger charge is -2.12. The lowest BCUT2D eigenvalue weighted by atomic mass is 9.97. The number of oxime groups is 1. The number of hydrogen-bond donors (Lipinski definition) is 0. The summed E-state index contributed by atoms with van der Waals surface area (Å²) < 4.78 is 37.9. The molecule has 0 aromatic heterocycles. The average molecular weight is 328 g/mol. The lowest BCUT2D eigenvalue weighted by molar-refractivity contribution is -0.137. The van der Waals surface area contributed by atoms with Gasteiger partial charge in [0.25, 0.3) is 0 Å². The zero-order valence-corrected chi connectivity index (χ0v) is 12.4. The molecule has 2 rings (SSSR count). The van der Waals surface area contributed by atoms with Gasteiger partial charge >= 0.3 is 6.18 Å². The molecule has 6 heteroatoms. The second-order valence-electron chi connectivity index (χ2n) is 4.49. The first-order valence-corrected chi connectivity index (χ1v) is 6.94. The van der Waals surface area contributed by atoms with Crippen molar-refractivity contribution in [2.75, 3.05) is 7.11 Å². The van der Waals surface area contributed by atoms with E-state index < -0.39 is 11.7 Å². The van der Waals surface area contributed by atoms with Crippen LogP contribution in [0.4, 0.5) is 13.2 Å². The van der Waals surface area contributed by atoms with Crippen LogP contribution >= 0.6 is 11.6 Å². The average Bonchev–Trinajstić information content (AvgIpc) is 2.52. The fourth-order valence-electron chi connectivity index (χ4n) is 2.03. The number of halogens is 4. The number of nitrogens with zero attached hydrogens (tertiary/aromatic N) is 1. The van der Waals surface area contributed by atoms with Crippen molar-refractivity contribution < 1.29 is 18.0 Å². The quantitative estimate of drug-likeness (QED) is 0.447. The van der Waals surface area contributed by atoms with Gasteiger partial charge in [0.1, 0.15) is 12.8 Å². The zero-order valence-electron chi connectivity index (χ0n) is 11.7. The van der Waals surface area contributed by atoms with Crippen LogP contribution in [-0.2, 0) is 16.9 Å². The van der Waals surface area contributed by atoms with Gasteiger partial charge in [0.2, 0.25) is 0 Å². The van der Waals surface area contributed by atoms with Crippen LogP contribution in [0, 0.1) is 0 Å². The highest BCUT2D eigenvalue weighted by atomic mass is 35.5. The standard InChI is InChI=1S/C16H13ClF3NO/c1-22-21-15(14-5-3-2-4-12(14)10-17)11-6-8-13(9-7-11)16(18,19)20/h2-9H,10H2,1H3. The van der Waals surface area contributed by atoms with Gasteiger partial charge in [0.05, 0.1) is 5.56 Å². The van der Waals surface area contributed by atoms with Gasteiger partial charge in [0.15, 0.2) is 0 Å². The van der Waals surface area contributed by atoms with Gasteiger partial charge in [-0.1, -0.05) is 41.6 Å². The molecule has 0 N–H and O–H groups in total. The maximum atomic E-state index is 12.6. The SMILES string of the molecule is CON=C(c1ccc(C(F)(F)F)cc1)c1ccccc1CCl. The van der Waals surface area contributed by atoms with E-state index in [0.717, 1.165) is 23.3 Å². The fraction of sp³-hybridized carbons (Fsp3) is 0.188. The highest BCUT2D eigenvalue weighted by molar-refractivity contribution is 6.19. The highest BCUT2D eigenvalue weighted by Crippen LogP contribution is 2.29. The summed E-state index contributed by atoms with van der Waals surface area (Å²) in [5.74, 6) is 0.263. The molecule has 22 heavy (non-hydrogen) atoms. The Bertz CT molecular complexity index is 666. The van der Waals surface area contributed by atoms with Crippen LogP contribution in [0.3, 0.4) is 0 Å². The number of benzene rings is 2. The molecule has 0 radical (unpaired) electrons. The van der Waals surface area contributed by atoms with Crippen molar-refractivity contribution in [3.05, 3.63) is 70.8 Å². The molecule has 0 saturated carbocycles. The lowest BCUT2D eigenvalue weighted by Crippen LogP contribution is -2.09. The second-order valence-corrected chi connectivity index (χ2v) is 4.76. The van der Waals surface area contributed by atoms with Crippen LogP contribution in [0.25, 0.3) is 0 Å². The molecule has 2 aromatic rings. The van der Waals surface area contributed by atoms with Crippen molar-refractivity contribution in [1.82, 2.24) is 0 Å². The summed E-state index contributed by atoms with van der Waals surface area (Å²) in [4.78, 5) is 4.83. The molecule has 2 aromatic carbocycles. The van der Waals surface area contributed by atoms with Crippen LogP contribution in [-0.4, -0.2) is 12.8 Å². The molecule has 0 heterocycles. The van der Waals surface area contributed by atoms with E-state index in [1.807, 2.05) is 12.1 Å². The summed E-state index contributed by atoms with van der Waals surface area (Å²) in [7, 11) is 1.38.